The molecule has 0 radical (unpaired) electrons. The van der Waals surface area contributed by atoms with E-state index >= 15 is 0 Å². The molecule has 0 saturated carbocycles. The molecule has 16 heavy (non-hydrogen) atoms. The molecule has 0 aliphatic rings. The highest BCUT2D eigenvalue weighted by atomic mass is 16.4. The Bertz CT molecular complexity index is 461. The fourth-order valence-electron chi connectivity index (χ4n) is 1.29. The molecule has 0 aromatic carbocycles. The molecule has 0 aliphatic heterocycles. The Labute approximate surface area is 91.3 Å². The van der Waals surface area contributed by atoms with Crippen LogP contribution in [0.4, 0.5) is 0 Å². The zero-order valence-corrected chi connectivity index (χ0v) is 8.43. The molecule has 6 nitrogen and oxygen atoms in total. The maximum absolute atomic E-state index is 10.5. The maximum atomic E-state index is 10.5. The first kappa shape index (κ1) is 10.4. The van der Waals surface area contributed by atoms with E-state index in [4.69, 9.17) is 9.52 Å². The molecule has 3 N–H and O–H groups in total. The number of imidazole rings is 1. The Kier molecular flexibility index (Phi) is 3.02. The lowest BCUT2D eigenvalue weighted by atomic mass is 10.4. The van der Waals surface area contributed by atoms with Crippen LogP contribution in [0.1, 0.15) is 22.1 Å². The third-order valence-corrected chi connectivity index (χ3v) is 2.02. The number of rotatable bonds is 5. The summed E-state index contributed by atoms with van der Waals surface area (Å²) in [6.07, 6.45) is 3.42. The second-order valence-electron chi connectivity index (χ2n) is 3.21. The fourth-order valence-corrected chi connectivity index (χ4v) is 1.29. The van der Waals surface area contributed by atoms with E-state index in [1.54, 1.807) is 18.5 Å². The van der Waals surface area contributed by atoms with E-state index in [2.05, 4.69) is 15.3 Å². The van der Waals surface area contributed by atoms with Gasteiger partial charge in [0.1, 0.15) is 11.6 Å². The Hall–Kier alpha value is -2.08. The topological polar surface area (TPSA) is 91.1 Å². The fraction of sp³-hybridized carbons (Fsp3) is 0.200. The summed E-state index contributed by atoms with van der Waals surface area (Å²) in [5.41, 5.74) is 0. The van der Waals surface area contributed by atoms with Gasteiger partial charge in [0.05, 0.1) is 13.1 Å². The average Bonchev–Trinajstić information content (AvgIpc) is 2.87. The predicted octanol–water partition coefficient (Wildman–Crippen LogP) is 0.991. The molecule has 2 rings (SSSR count). The highest BCUT2D eigenvalue weighted by Gasteiger charge is 2.08. The number of nitrogens with one attached hydrogen (secondary N) is 2. The molecule has 84 valence electrons. The highest BCUT2D eigenvalue weighted by Crippen LogP contribution is 2.07. The number of H-pyrrole nitrogens is 1. The smallest absolute Gasteiger partial charge is 0.371 e. The average molecular weight is 221 g/mol. The summed E-state index contributed by atoms with van der Waals surface area (Å²) in [7, 11) is 0. The van der Waals surface area contributed by atoms with Gasteiger partial charge in [-0.25, -0.2) is 9.78 Å². The number of furan rings is 1. The monoisotopic (exact) mass is 221 g/mol. The van der Waals surface area contributed by atoms with E-state index in [1.807, 2.05) is 0 Å². The van der Waals surface area contributed by atoms with Gasteiger partial charge in [-0.3, -0.25) is 0 Å². The van der Waals surface area contributed by atoms with Gasteiger partial charge < -0.3 is 19.8 Å². The van der Waals surface area contributed by atoms with E-state index < -0.39 is 5.97 Å². The normalized spacial score (nSPS) is 10.5. The number of aromatic nitrogens is 2. The van der Waals surface area contributed by atoms with Crippen LogP contribution >= 0.6 is 0 Å². The van der Waals surface area contributed by atoms with Crippen LogP contribution in [0.5, 0.6) is 0 Å². The summed E-state index contributed by atoms with van der Waals surface area (Å²) in [6.45, 7) is 1.05. The van der Waals surface area contributed by atoms with Crippen molar-refractivity contribution in [2.45, 2.75) is 13.1 Å². The number of hydrogen-bond acceptors (Lipinski definition) is 4. The molecule has 2 aromatic rings. The molecule has 0 fully saturated rings. The van der Waals surface area contributed by atoms with Gasteiger partial charge in [0.25, 0.3) is 0 Å². The van der Waals surface area contributed by atoms with Crippen molar-refractivity contribution in [2.75, 3.05) is 0 Å². The summed E-state index contributed by atoms with van der Waals surface area (Å²) in [5.74, 6) is 0.307. The van der Waals surface area contributed by atoms with Gasteiger partial charge in [-0.2, -0.15) is 0 Å². The molecule has 0 spiro atoms. The molecule has 0 atom stereocenters. The third-order valence-electron chi connectivity index (χ3n) is 2.02. The van der Waals surface area contributed by atoms with Gasteiger partial charge >= 0.3 is 5.97 Å². The Balaban J connectivity index is 1.83. The zero-order chi connectivity index (χ0) is 11.4. The summed E-state index contributed by atoms with van der Waals surface area (Å²) < 4.78 is 5.07. The summed E-state index contributed by atoms with van der Waals surface area (Å²) in [6, 6.07) is 3.07. The van der Waals surface area contributed by atoms with Crippen molar-refractivity contribution in [3.05, 3.63) is 41.9 Å². The van der Waals surface area contributed by atoms with Gasteiger partial charge in [0.15, 0.2) is 0 Å². The van der Waals surface area contributed by atoms with Crippen LogP contribution in [-0.4, -0.2) is 21.0 Å². The van der Waals surface area contributed by atoms with Gasteiger partial charge in [0, 0.05) is 12.4 Å². The van der Waals surface area contributed by atoms with Crippen molar-refractivity contribution in [3.63, 3.8) is 0 Å². The van der Waals surface area contributed by atoms with Crippen molar-refractivity contribution in [2.24, 2.45) is 0 Å². The summed E-state index contributed by atoms with van der Waals surface area (Å²) in [4.78, 5) is 17.5. The third kappa shape index (κ3) is 2.48. The molecular formula is C10H11N3O3. The minimum Gasteiger partial charge on any atom is -0.475 e. The van der Waals surface area contributed by atoms with Crippen LogP contribution in [0.15, 0.2) is 28.9 Å². The lowest BCUT2D eigenvalue weighted by Crippen LogP contribution is -2.13. The molecule has 0 unspecified atom stereocenters. The number of aromatic amines is 1. The van der Waals surface area contributed by atoms with Crippen molar-refractivity contribution in [3.8, 4) is 0 Å². The molecule has 0 bridgehead atoms. The highest BCUT2D eigenvalue weighted by molar-refractivity contribution is 5.84. The van der Waals surface area contributed by atoms with E-state index in [9.17, 15) is 4.79 Å². The molecule has 2 heterocycles. The molecular weight excluding hydrogens is 210 g/mol. The Morgan fingerprint density at radius 3 is 3.00 bits per heavy atom. The number of aromatic carboxylic acids is 1. The Morgan fingerprint density at radius 1 is 1.50 bits per heavy atom. The van der Waals surface area contributed by atoms with Crippen LogP contribution < -0.4 is 5.32 Å². The second-order valence-corrected chi connectivity index (χ2v) is 3.21. The minimum absolute atomic E-state index is 0.0465. The molecule has 0 aliphatic carbocycles. The van der Waals surface area contributed by atoms with Crippen molar-refractivity contribution < 1.29 is 14.3 Å². The van der Waals surface area contributed by atoms with Gasteiger partial charge in [-0.15, -0.1) is 0 Å². The van der Waals surface area contributed by atoms with E-state index in [0.29, 0.717) is 18.8 Å². The Morgan fingerprint density at radius 2 is 2.38 bits per heavy atom. The van der Waals surface area contributed by atoms with E-state index in [1.165, 1.54) is 6.07 Å². The number of carboxylic acids is 1. The van der Waals surface area contributed by atoms with Crippen molar-refractivity contribution in [1.29, 1.82) is 0 Å². The second kappa shape index (κ2) is 4.63. The zero-order valence-electron chi connectivity index (χ0n) is 8.43. The molecule has 0 saturated heterocycles. The number of carboxylic acid groups (broad SMARTS) is 1. The maximum Gasteiger partial charge on any atom is 0.371 e. The lowest BCUT2D eigenvalue weighted by Gasteiger charge is -1.99. The van der Waals surface area contributed by atoms with Crippen LogP contribution in [-0.2, 0) is 13.1 Å². The van der Waals surface area contributed by atoms with E-state index in [-0.39, 0.29) is 5.76 Å². The van der Waals surface area contributed by atoms with Crippen LogP contribution in [0.25, 0.3) is 0 Å². The van der Waals surface area contributed by atoms with Crippen LogP contribution in [0, 0.1) is 0 Å². The van der Waals surface area contributed by atoms with Crippen molar-refractivity contribution in [1.82, 2.24) is 15.3 Å². The minimum atomic E-state index is -1.06. The molecule has 6 heteroatoms. The van der Waals surface area contributed by atoms with Crippen LogP contribution in [0.3, 0.4) is 0 Å². The quantitative estimate of drug-likeness (QED) is 0.700. The van der Waals surface area contributed by atoms with Gasteiger partial charge in [-0.1, -0.05) is 0 Å². The first-order valence-corrected chi connectivity index (χ1v) is 4.76. The van der Waals surface area contributed by atoms with Crippen LogP contribution in [0.2, 0.25) is 0 Å². The molecule has 0 amide bonds. The van der Waals surface area contributed by atoms with Gasteiger partial charge in [0.2, 0.25) is 5.76 Å². The SMILES string of the molecule is O=C(O)c1ccc(CNCc2ncc[nH]2)o1. The largest absolute Gasteiger partial charge is 0.475 e. The standard InChI is InChI=1S/C10H11N3O3/c14-10(15)8-2-1-7(16-8)5-11-6-9-12-3-4-13-9/h1-4,11H,5-6H2,(H,12,13)(H,14,15). The first-order valence-electron chi connectivity index (χ1n) is 4.76. The predicted molar refractivity (Wildman–Crippen MR) is 54.8 cm³/mol. The van der Waals surface area contributed by atoms with Crippen molar-refractivity contribution >= 4 is 5.97 Å². The summed E-state index contributed by atoms with van der Waals surface area (Å²) in [5, 5.41) is 11.7. The lowest BCUT2D eigenvalue weighted by molar-refractivity contribution is 0.0660. The molecule has 2 aromatic heterocycles. The summed E-state index contributed by atoms with van der Waals surface area (Å²) >= 11 is 0. The number of carbonyl (C=O) groups is 1. The van der Waals surface area contributed by atoms with Gasteiger partial charge in [-0.05, 0) is 12.1 Å². The first-order chi connectivity index (χ1) is 7.75. The number of hydrogen-bond donors (Lipinski definition) is 3. The number of nitrogens with zero attached hydrogens (tertiary/aromatic N) is 1. The van der Waals surface area contributed by atoms with E-state index in [0.717, 1.165) is 5.82 Å².